The summed E-state index contributed by atoms with van der Waals surface area (Å²) in [6.07, 6.45) is 1.22. The van der Waals surface area contributed by atoms with Crippen LogP contribution in [0.15, 0.2) is 10.5 Å². The van der Waals surface area contributed by atoms with E-state index < -0.39 is 0 Å². The molecule has 1 aliphatic heterocycles. The van der Waals surface area contributed by atoms with Crippen LogP contribution in [0, 0.1) is 6.92 Å². The van der Waals surface area contributed by atoms with Gasteiger partial charge in [0.15, 0.2) is 0 Å². The van der Waals surface area contributed by atoms with Crippen LogP contribution >= 0.6 is 0 Å². The van der Waals surface area contributed by atoms with Crippen LogP contribution in [-0.2, 0) is 22.6 Å². The highest BCUT2D eigenvalue weighted by atomic mass is 16.5. The Labute approximate surface area is 102 Å². The van der Waals surface area contributed by atoms with Crippen molar-refractivity contribution < 1.29 is 13.9 Å². The number of hydrogen-bond acceptors (Lipinski definition) is 4. The molecule has 4 heteroatoms. The first-order chi connectivity index (χ1) is 8.29. The minimum atomic E-state index is 0.234. The highest BCUT2D eigenvalue weighted by Crippen LogP contribution is 2.17. The van der Waals surface area contributed by atoms with E-state index in [2.05, 4.69) is 18.3 Å². The highest BCUT2D eigenvalue weighted by molar-refractivity contribution is 5.20. The van der Waals surface area contributed by atoms with Gasteiger partial charge in [0.25, 0.3) is 0 Å². The van der Waals surface area contributed by atoms with Crippen molar-refractivity contribution >= 4 is 0 Å². The molecule has 1 atom stereocenters. The lowest BCUT2D eigenvalue weighted by Crippen LogP contribution is -2.12. The summed E-state index contributed by atoms with van der Waals surface area (Å²) in [4.78, 5) is 0. The Balaban J connectivity index is 1.83. The Bertz CT molecular complexity index is 342. The van der Waals surface area contributed by atoms with E-state index in [1.807, 2.05) is 6.92 Å². The van der Waals surface area contributed by atoms with Crippen LogP contribution in [0.2, 0.25) is 0 Å². The van der Waals surface area contributed by atoms with Gasteiger partial charge in [0.05, 0.1) is 12.7 Å². The van der Waals surface area contributed by atoms with Crippen LogP contribution < -0.4 is 5.32 Å². The molecule has 2 rings (SSSR count). The summed E-state index contributed by atoms with van der Waals surface area (Å²) in [5.74, 6) is 1.88. The first-order valence-electron chi connectivity index (χ1n) is 6.28. The third kappa shape index (κ3) is 3.56. The largest absolute Gasteiger partial charge is 0.464 e. The molecule has 2 heterocycles. The molecule has 1 aromatic heterocycles. The van der Waals surface area contributed by atoms with Crippen molar-refractivity contribution in [1.29, 1.82) is 0 Å². The lowest BCUT2D eigenvalue weighted by Gasteiger charge is -2.07. The zero-order chi connectivity index (χ0) is 12.1. The van der Waals surface area contributed by atoms with Crippen LogP contribution in [0.5, 0.6) is 0 Å². The molecule has 1 fully saturated rings. The minimum absolute atomic E-state index is 0.234. The second-order valence-corrected chi connectivity index (χ2v) is 4.37. The maximum Gasteiger partial charge on any atom is 0.130 e. The molecule has 1 unspecified atom stereocenters. The quantitative estimate of drug-likeness (QED) is 0.824. The minimum Gasteiger partial charge on any atom is -0.464 e. The number of hydrogen-bond donors (Lipinski definition) is 1. The SMILES string of the molecule is CCNCc1cc(COC2CCOC2)oc1C. The molecule has 0 amide bonds. The lowest BCUT2D eigenvalue weighted by molar-refractivity contribution is 0.0232. The average molecular weight is 239 g/mol. The molecular formula is C13H21NO3. The zero-order valence-electron chi connectivity index (χ0n) is 10.6. The molecule has 1 saturated heterocycles. The average Bonchev–Trinajstić information content (AvgIpc) is 2.93. The van der Waals surface area contributed by atoms with E-state index in [0.29, 0.717) is 13.2 Å². The van der Waals surface area contributed by atoms with Crippen LogP contribution in [0.4, 0.5) is 0 Å². The van der Waals surface area contributed by atoms with Crippen molar-refractivity contribution in [3.63, 3.8) is 0 Å². The predicted octanol–water partition coefficient (Wildman–Crippen LogP) is 2.00. The third-order valence-corrected chi connectivity index (χ3v) is 2.99. The summed E-state index contributed by atoms with van der Waals surface area (Å²) in [5.41, 5.74) is 1.22. The van der Waals surface area contributed by atoms with Gasteiger partial charge in [-0.3, -0.25) is 0 Å². The topological polar surface area (TPSA) is 43.6 Å². The molecule has 1 aromatic rings. The number of nitrogens with one attached hydrogen (secondary N) is 1. The molecule has 96 valence electrons. The fourth-order valence-corrected chi connectivity index (χ4v) is 1.94. The fraction of sp³-hybridized carbons (Fsp3) is 0.692. The zero-order valence-corrected chi connectivity index (χ0v) is 10.6. The number of furan rings is 1. The smallest absolute Gasteiger partial charge is 0.130 e. The van der Waals surface area contributed by atoms with Crippen molar-refractivity contribution in [3.8, 4) is 0 Å². The van der Waals surface area contributed by atoms with Gasteiger partial charge in [0.2, 0.25) is 0 Å². The standard InChI is InChI=1S/C13H21NO3/c1-3-14-7-11-6-13(17-10(11)2)9-16-12-4-5-15-8-12/h6,12,14H,3-5,7-9H2,1-2H3. The molecule has 0 bridgehead atoms. The van der Waals surface area contributed by atoms with Crippen LogP contribution in [0.1, 0.15) is 30.4 Å². The van der Waals surface area contributed by atoms with Crippen molar-refractivity contribution in [2.75, 3.05) is 19.8 Å². The third-order valence-electron chi connectivity index (χ3n) is 2.99. The second-order valence-electron chi connectivity index (χ2n) is 4.37. The summed E-state index contributed by atoms with van der Waals surface area (Å²) >= 11 is 0. The number of rotatable bonds is 6. The van der Waals surface area contributed by atoms with E-state index in [1.54, 1.807) is 0 Å². The Hall–Kier alpha value is -0.840. The van der Waals surface area contributed by atoms with Crippen molar-refractivity contribution in [1.82, 2.24) is 5.32 Å². The van der Waals surface area contributed by atoms with Crippen molar-refractivity contribution in [2.24, 2.45) is 0 Å². The van der Waals surface area contributed by atoms with Crippen molar-refractivity contribution in [2.45, 2.75) is 39.5 Å². The van der Waals surface area contributed by atoms with E-state index in [4.69, 9.17) is 13.9 Å². The van der Waals surface area contributed by atoms with Gasteiger partial charge in [-0.05, 0) is 26.0 Å². The van der Waals surface area contributed by atoms with Gasteiger partial charge in [-0.1, -0.05) is 6.92 Å². The number of ether oxygens (including phenoxy) is 2. The first-order valence-corrected chi connectivity index (χ1v) is 6.28. The summed E-state index contributed by atoms with van der Waals surface area (Å²) < 4.78 is 16.7. The summed E-state index contributed by atoms with van der Waals surface area (Å²) in [6, 6.07) is 2.08. The molecule has 4 nitrogen and oxygen atoms in total. The van der Waals surface area contributed by atoms with Crippen LogP contribution in [0.3, 0.4) is 0 Å². The Morgan fingerprint density at radius 2 is 2.41 bits per heavy atom. The second kappa shape index (κ2) is 6.19. The van der Waals surface area contributed by atoms with Gasteiger partial charge in [0.1, 0.15) is 18.1 Å². The van der Waals surface area contributed by atoms with E-state index in [-0.39, 0.29) is 6.10 Å². The summed E-state index contributed by atoms with van der Waals surface area (Å²) in [5, 5.41) is 3.30. The highest BCUT2D eigenvalue weighted by Gasteiger charge is 2.17. The molecular weight excluding hydrogens is 218 g/mol. The van der Waals surface area contributed by atoms with Crippen LogP contribution in [-0.4, -0.2) is 25.9 Å². The summed E-state index contributed by atoms with van der Waals surface area (Å²) in [6.45, 7) is 7.99. The van der Waals surface area contributed by atoms with Gasteiger partial charge in [0, 0.05) is 18.7 Å². The molecule has 0 saturated carbocycles. The Morgan fingerprint density at radius 3 is 3.12 bits per heavy atom. The maximum absolute atomic E-state index is 5.72. The van der Waals surface area contributed by atoms with Gasteiger partial charge in [-0.25, -0.2) is 0 Å². The van der Waals surface area contributed by atoms with Crippen molar-refractivity contribution in [3.05, 3.63) is 23.2 Å². The molecule has 17 heavy (non-hydrogen) atoms. The summed E-state index contributed by atoms with van der Waals surface area (Å²) in [7, 11) is 0. The maximum atomic E-state index is 5.72. The predicted molar refractivity (Wildman–Crippen MR) is 64.8 cm³/mol. The van der Waals surface area contributed by atoms with E-state index in [1.165, 1.54) is 5.56 Å². The molecule has 0 spiro atoms. The van der Waals surface area contributed by atoms with Gasteiger partial charge >= 0.3 is 0 Å². The normalized spacial score (nSPS) is 20.0. The van der Waals surface area contributed by atoms with Gasteiger partial charge < -0.3 is 19.2 Å². The molecule has 1 N–H and O–H groups in total. The lowest BCUT2D eigenvalue weighted by atomic mass is 10.2. The first kappa shape index (κ1) is 12.6. The Kier molecular flexibility index (Phi) is 4.59. The Morgan fingerprint density at radius 1 is 1.53 bits per heavy atom. The monoisotopic (exact) mass is 239 g/mol. The molecule has 1 aliphatic rings. The van der Waals surface area contributed by atoms with E-state index in [9.17, 15) is 0 Å². The van der Waals surface area contributed by atoms with E-state index >= 15 is 0 Å². The van der Waals surface area contributed by atoms with Gasteiger partial charge in [-0.15, -0.1) is 0 Å². The molecule has 0 radical (unpaired) electrons. The van der Waals surface area contributed by atoms with Crippen LogP contribution in [0.25, 0.3) is 0 Å². The fourth-order valence-electron chi connectivity index (χ4n) is 1.94. The van der Waals surface area contributed by atoms with E-state index in [0.717, 1.165) is 37.6 Å². The molecule has 0 aliphatic carbocycles. The van der Waals surface area contributed by atoms with Gasteiger partial charge in [-0.2, -0.15) is 0 Å². The number of aryl methyl sites for hydroxylation is 1. The molecule has 0 aromatic carbocycles.